The van der Waals surface area contributed by atoms with Gasteiger partial charge in [0.05, 0.1) is 11.3 Å². The highest BCUT2D eigenvalue weighted by atomic mass is 32.2. The van der Waals surface area contributed by atoms with Gasteiger partial charge in [0, 0.05) is 11.4 Å². The van der Waals surface area contributed by atoms with Crippen molar-refractivity contribution in [2.75, 3.05) is 4.72 Å². The first-order chi connectivity index (χ1) is 9.29. The van der Waals surface area contributed by atoms with Gasteiger partial charge in [0.2, 0.25) is 0 Å². The molecule has 0 saturated carbocycles. The Balaban J connectivity index is 2.33. The molecule has 2 rings (SSSR count). The normalized spacial score (nSPS) is 11.3. The van der Waals surface area contributed by atoms with Crippen molar-refractivity contribution < 1.29 is 27.1 Å². The molecule has 1 aromatic heterocycles. The second-order valence-corrected chi connectivity index (χ2v) is 6.51. The Morgan fingerprint density at radius 2 is 1.95 bits per heavy atom. The van der Waals surface area contributed by atoms with E-state index in [1.807, 2.05) is 4.72 Å². The smallest absolute Gasteiger partial charge is 0.336 e. The Morgan fingerprint density at radius 1 is 1.25 bits per heavy atom. The topological polar surface area (TPSA) is 83.5 Å². The van der Waals surface area contributed by atoms with Crippen LogP contribution in [-0.4, -0.2) is 19.5 Å². The Hall–Kier alpha value is -2.00. The van der Waals surface area contributed by atoms with Crippen LogP contribution in [0.3, 0.4) is 0 Å². The number of carboxylic acid groups (broad SMARTS) is 1. The summed E-state index contributed by atoms with van der Waals surface area (Å²) in [6.45, 7) is 0. The number of aromatic carboxylic acids is 1. The fourth-order valence-electron chi connectivity index (χ4n) is 1.34. The molecule has 0 aliphatic rings. The van der Waals surface area contributed by atoms with Crippen molar-refractivity contribution in [2.24, 2.45) is 0 Å². The molecule has 2 N–H and O–H groups in total. The number of sulfonamides is 1. The van der Waals surface area contributed by atoms with Gasteiger partial charge in [-0.3, -0.25) is 4.72 Å². The van der Waals surface area contributed by atoms with Crippen molar-refractivity contribution in [2.45, 2.75) is 4.21 Å². The minimum Gasteiger partial charge on any atom is -0.478 e. The molecule has 0 fully saturated rings. The molecule has 9 heteroatoms. The third-order valence-corrected chi connectivity index (χ3v) is 5.07. The van der Waals surface area contributed by atoms with E-state index >= 15 is 0 Å². The summed E-state index contributed by atoms with van der Waals surface area (Å²) in [6.07, 6.45) is 0. The van der Waals surface area contributed by atoms with Crippen molar-refractivity contribution in [1.82, 2.24) is 0 Å². The van der Waals surface area contributed by atoms with Crippen LogP contribution in [0.4, 0.5) is 14.5 Å². The van der Waals surface area contributed by atoms with E-state index in [1.54, 1.807) is 0 Å². The minimum absolute atomic E-state index is 0.185. The first-order valence-corrected chi connectivity index (χ1v) is 7.45. The molecule has 0 unspecified atom stereocenters. The number of hydrogen-bond acceptors (Lipinski definition) is 4. The predicted octanol–water partition coefficient (Wildman–Crippen LogP) is 2.53. The zero-order valence-corrected chi connectivity index (χ0v) is 11.3. The van der Waals surface area contributed by atoms with Crippen LogP contribution in [0.2, 0.25) is 0 Å². The Bertz CT molecular complexity index is 770. The second-order valence-electron chi connectivity index (χ2n) is 3.69. The molecular formula is C11H7F2NO4S2. The van der Waals surface area contributed by atoms with Crippen LogP contribution < -0.4 is 4.72 Å². The molecule has 1 aromatic carbocycles. The maximum Gasteiger partial charge on any atom is 0.336 e. The minimum atomic E-state index is -4.12. The summed E-state index contributed by atoms with van der Waals surface area (Å²) in [6, 6.07) is 3.33. The van der Waals surface area contributed by atoms with Crippen LogP contribution in [0.5, 0.6) is 0 Å². The van der Waals surface area contributed by atoms with Gasteiger partial charge < -0.3 is 5.11 Å². The van der Waals surface area contributed by atoms with Gasteiger partial charge in [0.1, 0.15) is 15.8 Å². The van der Waals surface area contributed by atoms with Gasteiger partial charge in [-0.2, -0.15) is 0 Å². The second kappa shape index (κ2) is 5.17. The van der Waals surface area contributed by atoms with Gasteiger partial charge in [0.25, 0.3) is 10.0 Å². The number of benzene rings is 1. The average Bonchev–Trinajstić information content (AvgIpc) is 2.83. The predicted molar refractivity (Wildman–Crippen MR) is 68.4 cm³/mol. The van der Waals surface area contributed by atoms with Crippen molar-refractivity contribution in [3.05, 3.63) is 46.8 Å². The monoisotopic (exact) mass is 319 g/mol. The Kier molecular flexibility index (Phi) is 3.73. The fourth-order valence-corrected chi connectivity index (χ4v) is 3.56. The highest BCUT2D eigenvalue weighted by Gasteiger charge is 2.20. The quantitative estimate of drug-likeness (QED) is 0.907. The lowest BCUT2D eigenvalue weighted by Gasteiger charge is -2.07. The number of hydrogen-bond donors (Lipinski definition) is 2. The molecule has 106 valence electrons. The summed E-state index contributed by atoms with van der Waals surface area (Å²) in [7, 11) is -4.12. The SMILES string of the molecule is O=C(O)c1csc(S(=O)(=O)Nc2ccc(F)cc2F)c1. The van der Waals surface area contributed by atoms with E-state index in [9.17, 15) is 22.0 Å². The van der Waals surface area contributed by atoms with Crippen LogP contribution in [0, 0.1) is 11.6 Å². The van der Waals surface area contributed by atoms with Gasteiger partial charge in [-0.1, -0.05) is 0 Å². The fraction of sp³-hybridized carbons (Fsp3) is 0. The van der Waals surface area contributed by atoms with E-state index < -0.39 is 33.3 Å². The van der Waals surface area contributed by atoms with Crippen molar-refractivity contribution in [3.8, 4) is 0 Å². The van der Waals surface area contributed by atoms with E-state index in [2.05, 4.69) is 0 Å². The molecule has 0 amide bonds. The molecule has 20 heavy (non-hydrogen) atoms. The molecule has 0 atom stereocenters. The van der Waals surface area contributed by atoms with E-state index in [0.717, 1.165) is 23.6 Å². The molecule has 0 aliphatic heterocycles. The van der Waals surface area contributed by atoms with Gasteiger partial charge in [-0.25, -0.2) is 22.0 Å². The Morgan fingerprint density at radius 3 is 2.50 bits per heavy atom. The highest BCUT2D eigenvalue weighted by molar-refractivity contribution is 7.94. The van der Waals surface area contributed by atoms with Crippen LogP contribution >= 0.6 is 11.3 Å². The molecule has 5 nitrogen and oxygen atoms in total. The lowest BCUT2D eigenvalue weighted by molar-refractivity contribution is 0.0697. The number of thiophene rings is 1. The van der Waals surface area contributed by atoms with Gasteiger partial charge in [0.15, 0.2) is 0 Å². The lowest BCUT2D eigenvalue weighted by Crippen LogP contribution is -2.12. The third kappa shape index (κ3) is 2.94. The van der Waals surface area contributed by atoms with E-state index in [0.29, 0.717) is 17.4 Å². The van der Waals surface area contributed by atoms with Gasteiger partial charge in [-0.05, 0) is 18.2 Å². The summed E-state index contributed by atoms with van der Waals surface area (Å²) in [5.41, 5.74) is -0.605. The van der Waals surface area contributed by atoms with Gasteiger partial charge in [-0.15, -0.1) is 11.3 Å². The van der Waals surface area contributed by atoms with Crippen LogP contribution in [0.15, 0.2) is 33.9 Å². The standard InChI is InChI=1S/C11H7F2NO4S2/c12-7-1-2-9(8(13)4-7)14-20(17,18)10-3-6(5-19-10)11(15)16/h1-5,14H,(H,15,16). The number of carboxylic acids is 1. The largest absolute Gasteiger partial charge is 0.478 e. The van der Waals surface area contributed by atoms with Crippen molar-refractivity contribution >= 4 is 33.0 Å². The summed E-state index contributed by atoms with van der Waals surface area (Å²) < 4.78 is 51.6. The Labute approximate surface area is 116 Å². The van der Waals surface area contributed by atoms with E-state index in [1.165, 1.54) is 0 Å². The first kappa shape index (κ1) is 14.4. The molecule has 1 heterocycles. The maximum absolute atomic E-state index is 13.4. The molecule has 0 saturated heterocycles. The summed E-state index contributed by atoms with van der Waals surface area (Å²) >= 11 is 0.685. The average molecular weight is 319 g/mol. The zero-order chi connectivity index (χ0) is 14.9. The molecule has 0 spiro atoms. The lowest BCUT2D eigenvalue weighted by atomic mass is 10.3. The number of halogens is 2. The molecular weight excluding hydrogens is 312 g/mol. The molecule has 0 radical (unpaired) electrons. The number of nitrogens with one attached hydrogen (secondary N) is 1. The van der Waals surface area contributed by atoms with Crippen molar-refractivity contribution in [1.29, 1.82) is 0 Å². The first-order valence-electron chi connectivity index (χ1n) is 5.09. The molecule has 0 bridgehead atoms. The maximum atomic E-state index is 13.4. The van der Waals surface area contributed by atoms with Crippen molar-refractivity contribution in [3.63, 3.8) is 0 Å². The van der Waals surface area contributed by atoms with Crippen LogP contribution in [-0.2, 0) is 10.0 Å². The zero-order valence-electron chi connectivity index (χ0n) is 9.63. The van der Waals surface area contributed by atoms with Crippen LogP contribution in [0.1, 0.15) is 10.4 Å². The number of carbonyl (C=O) groups is 1. The number of rotatable bonds is 4. The highest BCUT2D eigenvalue weighted by Crippen LogP contribution is 2.24. The summed E-state index contributed by atoms with van der Waals surface area (Å²) in [4.78, 5) is 10.7. The third-order valence-electron chi connectivity index (χ3n) is 2.26. The molecule has 2 aromatic rings. The summed E-state index contributed by atoms with van der Waals surface area (Å²) in [5, 5.41) is 9.87. The number of anilines is 1. The van der Waals surface area contributed by atoms with Crippen LogP contribution in [0.25, 0.3) is 0 Å². The summed E-state index contributed by atoms with van der Waals surface area (Å²) in [5.74, 6) is -3.17. The van der Waals surface area contributed by atoms with E-state index in [-0.39, 0.29) is 9.77 Å². The van der Waals surface area contributed by atoms with E-state index in [4.69, 9.17) is 5.11 Å². The molecule has 0 aliphatic carbocycles. The van der Waals surface area contributed by atoms with Gasteiger partial charge >= 0.3 is 5.97 Å².